The molecule has 0 atom stereocenters. The van der Waals surface area contributed by atoms with Crippen LogP contribution in [-0.2, 0) is 13.6 Å². The summed E-state index contributed by atoms with van der Waals surface area (Å²) in [5.41, 5.74) is 1.04. The van der Waals surface area contributed by atoms with Gasteiger partial charge in [-0.3, -0.25) is 14.1 Å². The van der Waals surface area contributed by atoms with E-state index in [9.17, 15) is 4.57 Å². The van der Waals surface area contributed by atoms with Crippen LogP contribution in [0.5, 0.6) is 0 Å². The molecule has 2 rings (SSSR count). The molecule has 0 aromatic heterocycles. The summed E-state index contributed by atoms with van der Waals surface area (Å²) in [6.45, 7) is 4.21. The van der Waals surface area contributed by atoms with E-state index in [1.54, 1.807) is 20.0 Å². The Balaban J connectivity index is 2.18. The van der Waals surface area contributed by atoms with Crippen LogP contribution in [-0.4, -0.2) is 13.2 Å². The first-order valence-corrected chi connectivity index (χ1v) is 8.54. The summed E-state index contributed by atoms with van der Waals surface area (Å²) >= 11 is 0. The van der Waals surface area contributed by atoms with E-state index in [1.807, 2.05) is 30.3 Å². The largest absolute Gasteiger partial charge is 0.432 e. The number of fused-ring (bicyclic) bond motifs is 1. The van der Waals surface area contributed by atoms with Gasteiger partial charge in [0.2, 0.25) is 0 Å². The van der Waals surface area contributed by atoms with Crippen LogP contribution < -0.4 is 5.09 Å². The first kappa shape index (κ1) is 15.8. The SMILES string of the molecule is CCOP(=O)(NC=Cc1cccc2ccccc12)OCC. The van der Waals surface area contributed by atoms with E-state index in [1.165, 1.54) is 0 Å². The second-order valence-electron chi connectivity index (χ2n) is 4.36. The Morgan fingerprint density at radius 1 is 1.05 bits per heavy atom. The van der Waals surface area contributed by atoms with Gasteiger partial charge in [-0.05, 0) is 36.3 Å². The van der Waals surface area contributed by atoms with Gasteiger partial charge in [0.1, 0.15) is 0 Å². The molecule has 0 radical (unpaired) electrons. The van der Waals surface area contributed by atoms with Gasteiger partial charge in [0, 0.05) is 6.20 Å². The Morgan fingerprint density at radius 3 is 2.43 bits per heavy atom. The maximum absolute atomic E-state index is 12.3. The Labute approximate surface area is 125 Å². The summed E-state index contributed by atoms with van der Waals surface area (Å²) in [7, 11) is -3.25. The molecule has 112 valence electrons. The third-order valence-electron chi connectivity index (χ3n) is 2.92. The topological polar surface area (TPSA) is 47.6 Å². The van der Waals surface area contributed by atoms with E-state index in [-0.39, 0.29) is 0 Å². The van der Waals surface area contributed by atoms with Crippen molar-refractivity contribution >= 4 is 24.6 Å². The van der Waals surface area contributed by atoms with Crippen molar-refractivity contribution in [2.45, 2.75) is 13.8 Å². The number of hydrogen-bond donors (Lipinski definition) is 1. The maximum atomic E-state index is 12.3. The van der Waals surface area contributed by atoms with Crippen molar-refractivity contribution in [3.8, 4) is 0 Å². The molecular formula is C16H20NO3P. The highest BCUT2D eigenvalue weighted by Crippen LogP contribution is 2.43. The van der Waals surface area contributed by atoms with Crippen LogP contribution in [0.1, 0.15) is 19.4 Å². The van der Waals surface area contributed by atoms with Gasteiger partial charge in [-0.2, -0.15) is 0 Å². The molecule has 0 spiro atoms. The minimum Gasteiger partial charge on any atom is -0.300 e. The van der Waals surface area contributed by atoms with Crippen LogP contribution in [0.25, 0.3) is 16.8 Å². The molecule has 0 saturated carbocycles. The number of rotatable bonds is 7. The van der Waals surface area contributed by atoms with Crippen molar-refractivity contribution in [1.82, 2.24) is 5.09 Å². The van der Waals surface area contributed by atoms with Gasteiger partial charge >= 0.3 is 7.75 Å². The Hall–Kier alpha value is -1.61. The molecule has 5 heteroatoms. The summed E-state index contributed by atoms with van der Waals surface area (Å²) < 4.78 is 22.6. The van der Waals surface area contributed by atoms with E-state index in [2.05, 4.69) is 23.3 Å². The predicted molar refractivity (Wildman–Crippen MR) is 87.0 cm³/mol. The van der Waals surface area contributed by atoms with Gasteiger partial charge in [-0.1, -0.05) is 42.5 Å². The normalized spacial score (nSPS) is 12.1. The average molecular weight is 305 g/mol. The highest BCUT2D eigenvalue weighted by molar-refractivity contribution is 7.51. The summed E-state index contributed by atoms with van der Waals surface area (Å²) in [6.07, 6.45) is 3.49. The molecule has 0 aliphatic carbocycles. The molecule has 1 N–H and O–H groups in total. The van der Waals surface area contributed by atoms with Gasteiger partial charge in [0.15, 0.2) is 0 Å². The van der Waals surface area contributed by atoms with Crippen LogP contribution in [0.3, 0.4) is 0 Å². The van der Waals surface area contributed by atoms with Crippen molar-refractivity contribution in [1.29, 1.82) is 0 Å². The maximum Gasteiger partial charge on any atom is 0.432 e. The van der Waals surface area contributed by atoms with Crippen LogP contribution >= 0.6 is 7.75 Å². The number of nitrogens with one attached hydrogen (secondary N) is 1. The molecule has 21 heavy (non-hydrogen) atoms. The zero-order valence-electron chi connectivity index (χ0n) is 12.3. The average Bonchev–Trinajstić information content (AvgIpc) is 2.48. The fourth-order valence-corrected chi connectivity index (χ4v) is 3.23. The third kappa shape index (κ3) is 4.18. The smallest absolute Gasteiger partial charge is 0.300 e. The van der Waals surface area contributed by atoms with Gasteiger partial charge in [0.25, 0.3) is 0 Å². The molecule has 0 amide bonds. The Kier molecular flexibility index (Phi) is 5.57. The lowest BCUT2D eigenvalue weighted by atomic mass is 10.0. The van der Waals surface area contributed by atoms with Crippen molar-refractivity contribution in [3.63, 3.8) is 0 Å². The minimum absolute atomic E-state index is 0.326. The molecule has 0 fully saturated rings. The van der Waals surface area contributed by atoms with E-state index >= 15 is 0 Å². The van der Waals surface area contributed by atoms with E-state index in [0.717, 1.165) is 16.3 Å². The Bertz CT molecular complexity index is 654. The van der Waals surface area contributed by atoms with Crippen molar-refractivity contribution in [2.24, 2.45) is 0 Å². The second kappa shape index (κ2) is 7.41. The molecule has 4 nitrogen and oxygen atoms in total. The van der Waals surface area contributed by atoms with Crippen molar-refractivity contribution in [2.75, 3.05) is 13.2 Å². The van der Waals surface area contributed by atoms with Gasteiger partial charge < -0.3 is 0 Å². The van der Waals surface area contributed by atoms with Crippen LogP contribution in [0.15, 0.2) is 48.7 Å². The molecule has 0 saturated heterocycles. The lowest BCUT2D eigenvalue weighted by Crippen LogP contribution is -2.08. The molecule has 0 aliphatic heterocycles. The van der Waals surface area contributed by atoms with Crippen molar-refractivity contribution < 1.29 is 13.6 Å². The van der Waals surface area contributed by atoms with Crippen LogP contribution in [0.4, 0.5) is 0 Å². The summed E-state index contributed by atoms with van der Waals surface area (Å²) in [4.78, 5) is 0. The number of benzene rings is 2. The van der Waals surface area contributed by atoms with E-state index in [4.69, 9.17) is 9.05 Å². The molecule has 2 aromatic rings. The third-order valence-corrected chi connectivity index (χ3v) is 4.58. The summed E-state index contributed by atoms with van der Waals surface area (Å²) in [6, 6.07) is 14.2. The lowest BCUT2D eigenvalue weighted by molar-refractivity contribution is 0.215. The minimum atomic E-state index is -3.25. The quantitative estimate of drug-likeness (QED) is 0.761. The summed E-state index contributed by atoms with van der Waals surface area (Å²) in [5.74, 6) is 0. The number of hydrogen-bond acceptors (Lipinski definition) is 3. The van der Waals surface area contributed by atoms with Gasteiger partial charge in [-0.15, -0.1) is 0 Å². The molecule has 0 bridgehead atoms. The van der Waals surface area contributed by atoms with Gasteiger partial charge in [-0.25, -0.2) is 4.57 Å². The standard InChI is InChI=1S/C16H20NO3P/c1-3-19-21(18,20-4-2)17-13-12-15-10-7-9-14-8-5-6-11-16(14)15/h5-13H,3-4H2,1-2H3,(H,17,18). The molecular weight excluding hydrogens is 285 g/mol. The summed E-state index contributed by atoms with van der Waals surface area (Å²) in [5, 5.41) is 5.05. The monoisotopic (exact) mass is 305 g/mol. The highest BCUT2D eigenvalue weighted by atomic mass is 31.2. The highest BCUT2D eigenvalue weighted by Gasteiger charge is 2.20. The van der Waals surface area contributed by atoms with E-state index in [0.29, 0.717) is 13.2 Å². The van der Waals surface area contributed by atoms with Crippen LogP contribution in [0.2, 0.25) is 0 Å². The lowest BCUT2D eigenvalue weighted by Gasteiger charge is -2.15. The first-order chi connectivity index (χ1) is 10.2. The fraction of sp³-hybridized carbons (Fsp3) is 0.250. The first-order valence-electron chi connectivity index (χ1n) is 6.99. The van der Waals surface area contributed by atoms with Gasteiger partial charge in [0.05, 0.1) is 13.2 Å². The Morgan fingerprint density at radius 2 is 1.71 bits per heavy atom. The van der Waals surface area contributed by atoms with Crippen LogP contribution in [0, 0.1) is 0 Å². The second-order valence-corrected chi connectivity index (χ2v) is 6.13. The molecule has 2 aromatic carbocycles. The van der Waals surface area contributed by atoms with Crippen molar-refractivity contribution in [3.05, 3.63) is 54.2 Å². The predicted octanol–water partition coefficient (Wildman–Crippen LogP) is 4.58. The fourth-order valence-electron chi connectivity index (χ4n) is 2.07. The molecule has 0 unspecified atom stereocenters. The molecule has 0 heterocycles. The van der Waals surface area contributed by atoms with E-state index < -0.39 is 7.75 Å². The zero-order valence-corrected chi connectivity index (χ0v) is 13.2. The zero-order chi connectivity index (χ0) is 15.1. The molecule has 0 aliphatic rings.